The molecule has 0 atom stereocenters. The lowest BCUT2D eigenvalue weighted by Gasteiger charge is -2.05. The van der Waals surface area contributed by atoms with Crippen LogP contribution in [0.25, 0.3) is 10.9 Å². The van der Waals surface area contributed by atoms with E-state index in [1.165, 1.54) is 5.56 Å². The molecule has 0 saturated heterocycles. The van der Waals surface area contributed by atoms with Crippen LogP contribution in [0.15, 0.2) is 55.0 Å². The predicted octanol–water partition coefficient (Wildman–Crippen LogP) is 2.87. The fourth-order valence-corrected chi connectivity index (χ4v) is 2.31. The smallest absolute Gasteiger partial charge is 0.233 e. The van der Waals surface area contributed by atoms with Gasteiger partial charge in [-0.25, -0.2) is 9.97 Å². The van der Waals surface area contributed by atoms with Crippen molar-refractivity contribution in [1.29, 1.82) is 0 Å². The van der Waals surface area contributed by atoms with Crippen LogP contribution in [-0.4, -0.2) is 16.3 Å². The normalized spacial score (nSPS) is 10.6. The number of fused-ring (bicyclic) bond motifs is 1. The third-order valence-corrected chi connectivity index (χ3v) is 3.38. The molecule has 1 aromatic heterocycles. The van der Waals surface area contributed by atoms with E-state index >= 15 is 0 Å². The summed E-state index contributed by atoms with van der Waals surface area (Å²) in [6.45, 7) is 0. The summed E-state index contributed by atoms with van der Waals surface area (Å²) >= 11 is 0. The van der Waals surface area contributed by atoms with E-state index in [2.05, 4.69) is 22.1 Å². The number of rotatable bonds is 4. The van der Waals surface area contributed by atoms with E-state index in [0.717, 1.165) is 29.3 Å². The minimum Gasteiger partial charge on any atom is -0.285 e. The molecule has 97 valence electrons. The molecule has 3 heteroatoms. The molecule has 20 heavy (non-hydrogen) atoms. The number of hydrogen-bond acceptors (Lipinski definition) is 3. The van der Waals surface area contributed by atoms with Crippen molar-refractivity contribution in [1.82, 2.24) is 9.97 Å². The van der Waals surface area contributed by atoms with E-state index in [0.29, 0.717) is 5.56 Å². The second kappa shape index (κ2) is 5.61. The van der Waals surface area contributed by atoms with Crippen molar-refractivity contribution in [2.45, 2.75) is 12.8 Å². The molecule has 0 spiro atoms. The number of nitrogens with zero attached hydrogens (tertiary/aromatic N) is 2. The van der Waals surface area contributed by atoms with Crippen molar-refractivity contribution >= 4 is 17.2 Å². The number of hydrogen-bond donors (Lipinski definition) is 0. The van der Waals surface area contributed by atoms with Gasteiger partial charge in [0.1, 0.15) is 6.33 Å². The molecular formula is C17H13N2O. The molecular weight excluding hydrogens is 248 g/mol. The Morgan fingerprint density at radius 3 is 2.85 bits per heavy atom. The highest BCUT2D eigenvalue weighted by atomic mass is 16.1. The van der Waals surface area contributed by atoms with Gasteiger partial charge in [0.25, 0.3) is 0 Å². The van der Waals surface area contributed by atoms with Crippen LogP contribution in [0.1, 0.15) is 16.7 Å². The number of aryl methyl sites for hydroxylation is 2. The van der Waals surface area contributed by atoms with Crippen molar-refractivity contribution in [3.05, 3.63) is 71.7 Å². The summed E-state index contributed by atoms with van der Waals surface area (Å²) in [6.07, 6.45) is 7.07. The zero-order valence-electron chi connectivity index (χ0n) is 10.9. The number of benzene rings is 2. The number of carbonyl (C=O) groups excluding carboxylic acids is 1. The lowest BCUT2D eigenvalue weighted by atomic mass is 10.00. The fourth-order valence-electron chi connectivity index (χ4n) is 2.31. The summed E-state index contributed by atoms with van der Waals surface area (Å²) in [6, 6.07) is 13.8. The third kappa shape index (κ3) is 2.57. The monoisotopic (exact) mass is 261 g/mol. The second-order valence-electron chi connectivity index (χ2n) is 4.68. The first-order valence-electron chi connectivity index (χ1n) is 6.51. The van der Waals surface area contributed by atoms with Crippen LogP contribution in [0.2, 0.25) is 0 Å². The van der Waals surface area contributed by atoms with Gasteiger partial charge in [0, 0.05) is 17.1 Å². The van der Waals surface area contributed by atoms with Gasteiger partial charge in [0.05, 0.1) is 5.52 Å². The summed E-state index contributed by atoms with van der Waals surface area (Å²) in [5, 5.41) is 1.04. The van der Waals surface area contributed by atoms with Crippen LogP contribution in [0.4, 0.5) is 0 Å². The highest BCUT2D eigenvalue weighted by molar-refractivity contribution is 5.78. The molecule has 3 rings (SSSR count). The van der Waals surface area contributed by atoms with Crippen molar-refractivity contribution < 1.29 is 4.79 Å². The standard InChI is InChI=1S/C17H13N2O/c20-11-15-4-2-1-3-14(15)7-5-13-6-8-17-16(9-13)10-18-12-19-17/h1-4,6,8-10,12H,5,7H2. The Morgan fingerprint density at radius 1 is 1.05 bits per heavy atom. The average Bonchev–Trinajstić information content (AvgIpc) is 2.53. The van der Waals surface area contributed by atoms with E-state index in [9.17, 15) is 4.79 Å². The van der Waals surface area contributed by atoms with Gasteiger partial charge in [0.15, 0.2) is 0 Å². The van der Waals surface area contributed by atoms with Gasteiger partial charge < -0.3 is 0 Å². The van der Waals surface area contributed by atoms with Gasteiger partial charge in [-0.1, -0.05) is 30.3 Å². The first kappa shape index (κ1) is 12.5. The Kier molecular flexibility index (Phi) is 3.50. The molecule has 1 radical (unpaired) electrons. The molecule has 0 fully saturated rings. The lowest BCUT2D eigenvalue weighted by Crippen LogP contribution is -1.96. The van der Waals surface area contributed by atoms with Crippen LogP contribution >= 0.6 is 0 Å². The van der Waals surface area contributed by atoms with Crippen LogP contribution < -0.4 is 0 Å². The summed E-state index contributed by atoms with van der Waals surface area (Å²) in [4.78, 5) is 19.1. The van der Waals surface area contributed by atoms with E-state index < -0.39 is 0 Å². The highest BCUT2D eigenvalue weighted by Gasteiger charge is 2.03. The summed E-state index contributed by atoms with van der Waals surface area (Å²) in [7, 11) is 0. The molecule has 0 N–H and O–H groups in total. The second-order valence-corrected chi connectivity index (χ2v) is 4.68. The first-order chi connectivity index (χ1) is 9.86. The quantitative estimate of drug-likeness (QED) is 0.725. The van der Waals surface area contributed by atoms with Gasteiger partial charge in [-0.3, -0.25) is 4.79 Å². The van der Waals surface area contributed by atoms with E-state index in [-0.39, 0.29) is 0 Å². The average molecular weight is 261 g/mol. The van der Waals surface area contributed by atoms with Crippen molar-refractivity contribution in [2.75, 3.05) is 0 Å². The number of aromatic nitrogens is 2. The minimum atomic E-state index is 0.650. The van der Waals surface area contributed by atoms with Crippen LogP contribution in [0.3, 0.4) is 0 Å². The van der Waals surface area contributed by atoms with E-state index in [4.69, 9.17) is 0 Å². The Bertz CT molecular complexity index is 753. The summed E-state index contributed by atoms with van der Waals surface area (Å²) in [5.74, 6) is 0. The predicted molar refractivity (Wildman–Crippen MR) is 78.2 cm³/mol. The Labute approximate surface area is 117 Å². The largest absolute Gasteiger partial charge is 0.285 e. The van der Waals surface area contributed by atoms with E-state index in [1.54, 1.807) is 12.4 Å². The molecule has 0 amide bonds. The first-order valence-corrected chi connectivity index (χ1v) is 6.51. The highest BCUT2D eigenvalue weighted by Crippen LogP contribution is 2.15. The topological polar surface area (TPSA) is 42.9 Å². The third-order valence-electron chi connectivity index (χ3n) is 3.38. The molecule has 0 aliphatic heterocycles. The van der Waals surface area contributed by atoms with E-state index in [1.807, 2.05) is 36.7 Å². The lowest BCUT2D eigenvalue weighted by molar-refractivity contribution is 0.562. The SMILES string of the molecule is O=[C]c1ccccc1CCc1ccc2ncncc2c1. The van der Waals surface area contributed by atoms with Gasteiger partial charge in [-0.05, 0) is 36.1 Å². The van der Waals surface area contributed by atoms with Gasteiger partial charge >= 0.3 is 0 Å². The van der Waals surface area contributed by atoms with Gasteiger partial charge in [0.2, 0.25) is 6.29 Å². The molecule has 2 aromatic carbocycles. The Balaban J connectivity index is 1.81. The van der Waals surface area contributed by atoms with Crippen molar-refractivity contribution in [3.8, 4) is 0 Å². The van der Waals surface area contributed by atoms with Crippen molar-refractivity contribution in [3.63, 3.8) is 0 Å². The zero-order valence-corrected chi connectivity index (χ0v) is 10.9. The van der Waals surface area contributed by atoms with Gasteiger partial charge in [-0.2, -0.15) is 0 Å². The minimum absolute atomic E-state index is 0.650. The maximum atomic E-state index is 10.9. The maximum absolute atomic E-state index is 10.9. The Morgan fingerprint density at radius 2 is 1.95 bits per heavy atom. The molecule has 1 heterocycles. The summed E-state index contributed by atoms with van der Waals surface area (Å²) < 4.78 is 0. The van der Waals surface area contributed by atoms with Crippen LogP contribution in [-0.2, 0) is 17.6 Å². The fraction of sp³-hybridized carbons (Fsp3) is 0.118. The van der Waals surface area contributed by atoms with Gasteiger partial charge in [-0.15, -0.1) is 0 Å². The summed E-state index contributed by atoms with van der Waals surface area (Å²) in [5.41, 5.74) is 3.85. The molecule has 3 nitrogen and oxygen atoms in total. The van der Waals surface area contributed by atoms with Crippen molar-refractivity contribution in [2.24, 2.45) is 0 Å². The molecule has 0 aliphatic carbocycles. The molecule has 0 saturated carbocycles. The molecule has 0 unspecified atom stereocenters. The zero-order chi connectivity index (χ0) is 13.8. The Hall–Kier alpha value is -2.55. The molecule has 0 bridgehead atoms. The van der Waals surface area contributed by atoms with Crippen LogP contribution in [0, 0.1) is 0 Å². The molecule has 3 aromatic rings. The van der Waals surface area contributed by atoms with Crippen LogP contribution in [0.5, 0.6) is 0 Å². The maximum Gasteiger partial charge on any atom is 0.233 e. The molecule has 0 aliphatic rings.